The molecule has 1 amide bonds. The largest absolute Gasteiger partial charge is 0.338 e. The maximum atomic E-state index is 12.7. The van der Waals surface area contributed by atoms with Crippen molar-refractivity contribution < 1.29 is 4.79 Å². The van der Waals surface area contributed by atoms with Gasteiger partial charge in [-0.3, -0.25) is 4.79 Å². The topological polar surface area (TPSA) is 20.3 Å². The Balaban J connectivity index is 2.02. The highest BCUT2D eigenvalue weighted by molar-refractivity contribution is 7.81. The molecule has 4 atom stereocenters. The predicted octanol–water partition coefficient (Wildman–Crippen LogP) is 3.42. The van der Waals surface area contributed by atoms with Crippen LogP contribution >= 0.6 is 12.6 Å². The fourth-order valence-electron chi connectivity index (χ4n) is 3.12. The highest BCUT2D eigenvalue weighted by atomic mass is 32.1. The number of carbonyl (C=O) groups excluding carboxylic acids is 1. The molecular weight excluding hydrogens is 266 g/mol. The minimum Gasteiger partial charge on any atom is -0.338 e. The average Bonchev–Trinajstić information content (AvgIpc) is 2.43. The number of carbonyl (C=O) groups is 1. The zero-order chi connectivity index (χ0) is 14.7. The Kier molecular flexibility index (Phi) is 5.14. The Morgan fingerprint density at radius 2 is 1.95 bits per heavy atom. The SMILES string of the molecule is CC1CC(C)C(C)N(C(=O)C(S)Cc2ccccc2)C1. The van der Waals surface area contributed by atoms with Crippen molar-refractivity contribution in [1.82, 2.24) is 4.90 Å². The summed E-state index contributed by atoms with van der Waals surface area (Å²) in [5.74, 6) is 1.34. The second-order valence-electron chi connectivity index (χ2n) is 6.25. The smallest absolute Gasteiger partial charge is 0.236 e. The van der Waals surface area contributed by atoms with Crippen molar-refractivity contribution in [3.8, 4) is 0 Å². The first kappa shape index (κ1) is 15.4. The summed E-state index contributed by atoms with van der Waals surface area (Å²) < 4.78 is 0. The number of amides is 1. The summed E-state index contributed by atoms with van der Waals surface area (Å²) in [6.45, 7) is 7.51. The average molecular weight is 291 g/mol. The first-order chi connectivity index (χ1) is 9.49. The van der Waals surface area contributed by atoms with E-state index in [0.29, 0.717) is 24.3 Å². The van der Waals surface area contributed by atoms with Gasteiger partial charge in [-0.1, -0.05) is 44.2 Å². The van der Waals surface area contributed by atoms with Crippen LogP contribution < -0.4 is 0 Å². The molecule has 20 heavy (non-hydrogen) atoms. The molecule has 1 aliphatic heterocycles. The zero-order valence-corrected chi connectivity index (χ0v) is 13.5. The summed E-state index contributed by atoms with van der Waals surface area (Å²) in [4.78, 5) is 14.7. The molecule has 1 saturated heterocycles. The molecule has 1 aliphatic rings. The lowest BCUT2D eigenvalue weighted by Crippen LogP contribution is -2.51. The van der Waals surface area contributed by atoms with Gasteiger partial charge in [0, 0.05) is 12.6 Å². The van der Waals surface area contributed by atoms with Crippen LogP contribution in [0.4, 0.5) is 0 Å². The lowest BCUT2D eigenvalue weighted by Gasteiger charge is -2.42. The molecule has 2 nitrogen and oxygen atoms in total. The van der Waals surface area contributed by atoms with Crippen LogP contribution in [-0.4, -0.2) is 28.6 Å². The number of piperidine rings is 1. The van der Waals surface area contributed by atoms with Crippen LogP contribution in [0.2, 0.25) is 0 Å². The summed E-state index contributed by atoms with van der Waals surface area (Å²) in [7, 11) is 0. The molecule has 1 heterocycles. The van der Waals surface area contributed by atoms with E-state index in [-0.39, 0.29) is 11.2 Å². The van der Waals surface area contributed by atoms with E-state index >= 15 is 0 Å². The summed E-state index contributed by atoms with van der Waals surface area (Å²) in [6, 6.07) is 10.4. The predicted molar refractivity (Wildman–Crippen MR) is 87.0 cm³/mol. The molecule has 1 fully saturated rings. The van der Waals surface area contributed by atoms with E-state index in [0.717, 1.165) is 6.54 Å². The van der Waals surface area contributed by atoms with Crippen LogP contribution in [0, 0.1) is 11.8 Å². The van der Waals surface area contributed by atoms with Gasteiger partial charge >= 0.3 is 0 Å². The van der Waals surface area contributed by atoms with Gasteiger partial charge in [-0.2, -0.15) is 12.6 Å². The number of hydrogen-bond acceptors (Lipinski definition) is 2. The molecule has 0 aliphatic carbocycles. The monoisotopic (exact) mass is 291 g/mol. The van der Waals surface area contributed by atoms with E-state index in [4.69, 9.17) is 0 Å². The van der Waals surface area contributed by atoms with Gasteiger partial charge in [-0.05, 0) is 37.2 Å². The number of hydrogen-bond donors (Lipinski definition) is 1. The molecule has 1 aromatic carbocycles. The Bertz CT molecular complexity index is 448. The van der Waals surface area contributed by atoms with Crippen molar-refractivity contribution in [3.05, 3.63) is 35.9 Å². The van der Waals surface area contributed by atoms with Crippen molar-refractivity contribution in [3.63, 3.8) is 0 Å². The van der Waals surface area contributed by atoms with Crippen molar-refractivity contribution in [2.75, 3.05) is 6.54 Å². The van der Waals surface area contributed by atoms with E-state index in [9.17, 15) is 4.79 Å². The van der Waals surface area contributed by atoms with Crippen LogP contribution in [0.15, 0.2) is 30.3 Å². The Morgan fingerprint density at radius 3 is 2.60 bits per heavy atom. The van der Waals surface area contributed by atoms with Crippen LogP contribution in [-0.2, 0) is 11.2 Å². The number of rotatable bonds is 3. The van der Waals surface area contributed by atoms with Crippen LogP contribution in [0.5, 0.6) is 0 Å². The Morgan fingerprint density at radius 1 is 1.30 bits per heavy atom. The molecule has 2 rings (SSSR count). The third kappa shape index (κ3) is 3.57. The third-order valence-corrected chi connectivity index (χ3v) is 4.84. The van der Waals surface area contributed by atoms with E-state index in [1.165, 1.54) is 12.0 Å². The lowest BCUT2D eigenvalue weighted by atomic mass is 9.85. The third-order valence-electron chi connectivity index (χ3n) is 4.44. The minimum atomic E-state index is -0.239. The van der Waals surface area contributed by atoms with Gasteiger partial charge in [-0.15, -0.1) is 0 Å². The summed E-state index contributed by atoms with van der Waals surface area (Å²) in [6.07, 6.45) is 1.91. The van der Waals surface area contributed by atoms with Crippen molar-refractivity contribution in [1.29, 1.82) is 0 Å². The van der Waals surface area contributed by atoms with E-state index in [2.05, 4.69) is 45.5 Å². The molecular formula is C17H25NOS. The van der Waals surface area contributed by atoms with E-state index < -0.39 is 0 Å². The standard InChI is InChI=1S/C17H25NOS/c1-12-9-13(2)14(3)18(11-12)17(19)16(20)10-15-7-5-4-6-8-15/h4-8,12-14,16,20H,9-11H2,1-3H3. The molecule has 0 radical (unpaired) electrons. The summed E-state index contributed by atoms with van der Waals surface area (Å²) in [5.41, 5.74) is 1.17. The van der Waals surface area contributed by atoms with Crippen LogP contribution in [0.3, 0.4) is 0 Å². The number of thiol groups is 1. The van der Waals surface area contributed by atoms with Gasteiger partial charge in [-0.25, -0.2) is 0 Å². The first-order valence-electron chi connectivity index (χ1n) is 7.51. The maximum Gasteiger partial charge on any atom is 0.236 e. The van der Waals surface area contributed by atoms with Crippen LogP contribution in [0.1, 0.15) is 32.8 Å². The lowest BCUT2D eigenvalue weighted by molar-refractivity contribution is -0.136. The normalized spacial score (nSPS) is 28.2. The molecule has 0 N–H and O–H groups in total. The molecule has 0 aromatic heterocycles. The highest BCUT2D eigenvalue weighted by Gasteiger charge is 2.33. The first-order valence-corrected chi connectivity index (χ1v) is 8.03. The fourth-order valence-corrected chi connectivity index (χ4v) is 3.48. The van der Waals surface area contributed by atoms with Gasteiger partial charge < -0.3 is 4.90 Å². The zero-order valence-electron chi connectivity index (χ0n) is 12.6. The van der Waals surface area contributed by atoms with Gasteiger partial charge in [0.1, 0.15) is 0 Å². The van der Waals surface area contributed by atoms with Gasteiger partial charge in [0.25, 0.3) is 0 Å². The number of nitrogens with zero attached hydrogens (tertiary/aromatic N) is 1. The molecule has 1 aromatic rings. The van der Waals surface area contributed by atoms with Gasteiger partial charge in [0.05, 0.1) is 5.25 Å². The highest BCUT2D eigenvalue weighted by Crippen LogP contribution is 2.28. The molecule has 0 bridgehead atoms. The summed E-state index contributed by atoms with van der Waals surface area (Å²) in [5, 5.41) is -0.239. The van der Waals surface area contributed by atoms with Crippen LogP contribution in [0.25, 0.3) is 0 Å². The molecule has 4 unspecified atom stereocenters. The molecule has 3 heteroatoms. The Labute approximate surface area is 128 Å². The second kappa shape index (κ2) is 6.66. The van der Waals surface area contributed by atoms with E-state index in [1.54, 1.807) is 0 Å². The van der Waals surface area contributed by atoms with Gasteiger partial charge in [0.2, 0.25) is 5.91 Å². The number of benzene rings is 1. The summed E-state index contributed by atoms with van der Waals surface area (Å²) >= 11 is 4.56. The second-order valence-corrected chi connectivity index (χ2v) is 6.88. The fraction of sp³-hybridized carbons (Fsp3) is 0.588. The van der Waals surface area contributed by atoms with Crippen molar-refractivity contribution in [2.24, 2.45) is 11.8 Å². The molecule has 110 valence electrons. The van der Waals surface area contributed by atoms with Crippen molar-refractivity contribution >= 4 is 18.5 Å². The minimum absolute atomic E-state index is 0.183. The Hall–Kier alpha value is -0.960. The van der Waals surface area contributed by atoms with E-state index in [1.807, 2.05) is 23.1 Å². The molecule has 0 spiro atoms. The van der Waals surface area contributed by atoms with Crippen molar-refractivity contribution in [2.45, 2.75) is 44.9 Å². The molecule has 0 saturated carbocycles. The quantitative estimate of drug-likeness (QED) is 0.846. The number of likely N-dealkylation sites (tertiary alicyclic amines) is 1. The van der Waals surface area contributed by atoms with Gasteiger partial charge in [0.15, 0.2) is 0 Å². The maximum absolute atomic E-state index is 12.7.